The average Bonchev–Trinajstić information content (AvgIpc) is 2.94. The Labute approximate surface area is 125 Å². The summed E-state index contributed by atoms with van der Waals surface area (Å²) in [6.07, 6.45) is 1.76. The number of ether oxygens (including phenoxy) is 1. The summed E-state index contributed by atoms with van der Waals surface area (Å²) in [6, 6.07) is 8.29. The number of aromatic nitrogens is 2. The molecule has 1 N–H and O–H groups in total. The van der Waals surface area contributed by atoms with Crippen LogP contribution in [0.5, 0.6) is 0 Å². The van der Waals surface area contributed by atoms with E-state index in [4.69, 9.17) is 9.26 Å². The molecular formula is C16H23N3O2. The third-order valence-corrected chi connectivity index (χ3v) is 3.25. The molecule has 1 aromatic heterocycles. The van der Waals surface area contributed by atoms with Gasteiger partial charge in [0.05, 0.1) is 6.61 Å². The van der Waals surface area contributed by atoms with Crippen molar-refractivity contribution in [2.75, 3.05) is 20.3 Å². The molecule has 21 heavy (non-hydrogen) atoms. The van der Waals surface area contributed by atoms with Gasteiger partial charge in [0, 0.05) is 25.1 Å². The van der Waals surface area contributed by atoms with Crippen LogP contribution in [-0.4, -0.2) is 36.4 Å². The molecule has 0 bridgehead atoms. The van der Waals surface area contributed by atoms with Gasteiger partial charge in [-0.05, 0) is 19.9 Å². The van der Waals surface area contributed by atoms with Gasteiger partial charge in [0.2, 0.25) is 11.7 Å². The molecule has 0 amide bonds. The zero-order valence-corrected chi connectivity index (χ0v) is 12.9. The molecule has 2 rings (SSSR count). The SMILES string of the molecule is CCCNC(COC)Cc1nc(-c2ccc(C)cc2)no1. The summed E-state index contributed by atoms with van der Waals surface area (Å²) in [5, 5.41) is 7.48. The first kappa shape index (κ1) is 15.7. The molecule has 0 radical (unpaired) electrons. The molecule has 2 aromatic rings. The number of rotatable bonds is 8. The van der Waals surface area contributed by atoms with E-state index in [9.17, 15) is 0 Å². The molecule has 0 saturated heterocycles. The maximum absolute atomic E-state index is 5.35. The minimum Gasteiger partial charge on any atom is -0.383 e. The quantitative estimate of drug-likeness (QED) is 0.809. The van der Waals surface area contributed by atoms with Crippen LogP contribution in [0.1, 0.15) is 24.8 Å². The highest BCUT2D eigenvalue weighted by Gasteiger charge is 2.14. The van der Waals surface area contributed by atoms with E-state index in [2.05, 4.69) is 29.3 Å². The Kier molecular flexibility index (Phi) is 5.90. The van der Waals surface area contributed by atoms with Crippen LogP contribution in [0.2, 0.25) is 0 Å². The van der Waals surface area contributed by atoms with Gasteiger partial charge < -0.3 is 14.6 Å². The van der Waals surface area contributed by atoms with Gasteiger partial charge in [-0.3, -0.25) is 0 Å². The van der Waals surface area contributed by atoms with E-state index in [0.717, 1.165) is 18.5 Å². The van der Waals surface area contributed by atoms with Crippen LogP contribution in [0, 0.1) is 6.92 Å². The van der Waals surface area contributed by atoms with Crippen LogP contribution in [0.15, 0.2) is 28.8 Å². The molecular weight excluding hydrogens is 266 g/mol. The van der Waals surface area contributed by atoms with Crippen molar-refractivity contribution >= 4 is 0 Å². The lowest BCUT2D eigenvalue weighted by atomic mass is 10.1. The highest BCUT2D eigenvalue weighted by atomic mass is 16.5. The minimum atomic E-state index is 0.196. The first-order valence-electron chi connectivity index (χ1n) is 7.35. The predicted molar refractivity (Wildman–Crippen MR) is 82.1 cm³/mol. The highest BCUT2D eigenvalue weighted by molar-refractivity contribution is 5.54. The number of hydrogen-bond donors (Lipinski definition) is 1. The second-order valence-electron chi connectivity index (χ2n) is 5.19. The van der Waals surface area contributed by atoms with Gasteiger partial charge >= 0.3 is 0 Å². The monoisotopic (exact) mass is 289 g/mol. The second kappa shape index (κ2) is 7.90. The van der Waals surface area contributed by atoms with E-state index in [0.29, 0.717) is 24.7 Å². The Morgan fingerprint density at radius 2 is 2.05 bits per heavy atom. The van der Waals surface area contributed by atoms with Crippen LogP contribution in [0.25, 0.3) is 11.4 Å². The van der Waals surface area contributed by atoms with Crippen LogP contribution in [-0.2, 0) is 11.2 Å². The Morgan fingerprint density at radius 3 is 2.71 bits per heavy atom. The summed E-state index contributed by atoms with van der Waals surface area (Å²) < 4.78 is 10.6. The van der Waals surface area contributed by atoms with Crippen LogP contribution in [0.4, 0.5) is 0 Å². The number of hydrogen-bond acceptors (Lipinski definition) is 5. The van der Waals surface area contributed by atoms with Crippen LogP contribution >= 0.6 is 0 Å². The third-order valence-electron chi connectivity index (χ3n) is 3.25. The number of nitrogens with zero attached hydrogens (tertiary/aromatic N) is 2. The minimum absolute atomic E-state index is 0.196. The van der Waals surface area contributed by atoms with E-state index >= 15 is 0 Å². The zero-order chi connectivity index (χ0) is 15.1. The van der Waals surface area contributed by atoms with E-state index in [1.807, 2.05) is 24.3 Å². The molecule has 1 unspecified atom stereocenters. The van der Waals surface area contributed by atoms with Gasteiger partial charge in [-0.2, -0.15) is 4.98 Å². The fourth-order valence-corrected chi connectivity index (χ4v) is 2.11. The fourth-order valence-electron chi connectivity index (χ4n) is 2.11. The lowest BCUT2D eigenvalue weighted by Gasteiger charge is -2.15. The molecule has 0 aliphatic carbocycles. The molecule has 0 aliphatic rings. The van der Waals surface area contributed by atoms with Gasteiger partial charge in [-0.25, -0.2) is 0 Å². The summed E-state index contributed by atoms with van der Waals surface area (Å²) in [5.74, 6) is 1.27. The van der Waals surface area contributed by atoms with Crippen molar-refractivity contribution in [3.63, 3.8) is 0 Å². The van der Waals surface area contributed by atoms with Gasteiger partial charge in [0.15, 0.2) is 0 Å². The van der Waals surface area contributed by atoms with Crippen molar-refractivity contribution in [2.45, 2.75) is 32.7 Å². The smallest absolute Gasteiger partial charge is 0.228 e. The molecule has 0 fully saturated rings. The average molecular weight is 289 g/mol. The van der Waals surface area contributed by atoms with Gasteiger partial charge in [0.1, 0.15) is 0 Å². The standard InChI is InChI=1S/C16H23N3O2/c1-4-9-17-14(11-20-3)10-15-18-16(19-21-15)13-7-5-12(2)6-8-13/h5-8,14,17H,4,9-11H2,1-3H3. The first-order valence-corrected chi connectivity index (χ1v) is 7.35. The number of methoxy groups -OCH3 is 1. The van der Waals surface area contributed by atoms with E-state index in [-0.39, 0.29) is 6.04 Å². The summed E-state index contributed by atoms with van der Waals surface area (Å²) >= 11 is 0. The zero-order valence-electron chi connectivity index (χ0n) is 12.9. The molecule has 0 saturated carbocycles. The molecule has 5 nitrogen and oxygen atoms in total. The number of aryl methyl sites for hydroxylation is 1. The lowest BCUT2D eigenvalue weighted by molar-refractivity contribution is 0.161. The van der Waals surface area contributed by atoms with Crippen LogP contribution < -0.4 is 5.32 Å². The predicted octanol–water partition coefficient (Wildman–Crippen LogP) is 2.60. The molecule has 1 atom stereocenters. The summed E-state index contributed by atoms with van der Waals surface area (Å²) in [7, 11) is 1.70. The van der Waals surface area contributed by atoms with Crippen molar-refractivity contribution in [3.8, 4) is 11.4 Å². The molecule has 1 heterocycles. The molecule has 0 aliphatic heterocycles. The van der Waals surface area contributed by atoms with Crippen molar-refractivity contribution in [1.29, 1.82) is 0 Å². The van der Waals surface area contributed by atoms with Gasteiger partial charge in [-0.1, -0.05) is 41.9 Å². The third kappa shape index (κ3) is 4.65. The van der Waals surface area contributed by atoms with Crippen LogP contribution in [0.3, 0.4) is 0 Å². The summed E-state index contributed by atoms with van der Waals surface area (Å²) in [5.41, 5.74) is 2.19. The van der Waals surface area contributed by atoms with Gasteiger partial charge in [-0.15, -0.1) is 0 Å². The molecule has 0 spiro atoms. The second-order valence-corrected chi connectivity index (χ2v) is 5.19. The van der Waals surface area contributed by atoms with E-state index < -0.39 is 0 Å². The largest absolute Gasteiger partial charge is 0.383 e. The molecule has 1 aromatic carbocycles. The number of nitrogens with one attached hydrogen (secondary N) is 1. The van der Waals surface area contributed by atoms with E-state index in [1.54, 1.807) is 7.11 Å². The highest BCUT2D eigenvalue weighted by Crippen LogP contribution is 2.16. The first-order chi connectivity index (χ1) is 10.2. The topological polar surface area (TPSA) is 60.2 Å². The Hall–Kier alpha value is -1.72. The molecule has 114 valence electrons. The van der Waals surface area contributed by atoms with E-state index in [1.165, 1.54) is 5.56 Å². The van der Waals surface area contributed by atoms with Crippen molar-refractivity contribution in [2.24, 2.45) is 0 Å². The van der Waals surface area contributed by atoms with Gasteiger partial charge in [0.25, 0.3) is 0 Å². The fraction of sp³-hybridized carbons (Fsp3) is 0.500. The normalized spacial score (nSPS) is 12.5. The lowest BCUT2D eigenvalue weighted by Crippen LogP contribution is -2.35. The number of benzene rings is 1. The maximum atomic E-state index is 5.35. The Balaban J connectivity index is 2.02. The van der Waals surface area contributed by atoms with Crippen molar-refractivity contribution in [1.82, 2.24) is 15.5 Å². The summed E-state index contributed by atoms with van der Waals surface area (Å²) in [4.78, 5) is 4.47. The Morgan fingerprint density at radius 1 is 1.29 bits per heavy atom. The van der Waals surface area contributed by atoms with Crippen molar-refractivity contribution in [3.05, 3.63) is 35.7 Å². The molecule has 5 heteroatoms. The Bertz CT molecular complexity index is 537. The maximum Gasteiger partial charge on any atom is 0.228 e. The summed E-state index contributed by atoms with van der Waals surface area (Å²) in [6.45, 7) is 5.77. The van der Waals surface area contributed by atoms with Crippen molar-refractivity contribution < 1.29 is 9.26 Å².